The molecule has 1 aromatic carbocycles. The van der Waals surface area contributed by atoms with Crippen molar-refractivity contribution in [2.45, 2.75) is 12.1 Å². The summed E-state index contributed by atoms with van der Waals surface area (Å²) in [7, 11) is 0.756. The lowest BCUT2D eigenvalue weighted by Crippen LogP contribution is -2.27. The zero-order chi connectivity index (χ0) is 14.1. The molecule has 0 unspecified atom stereocenters. The van der Waals surface area contributed by atoms with Crippen LogP contribution in [-0.2, 0) is 16.9 Å². The van der Waals surface area contributed by atoms with Gasteiger partial charge in [-0.05, 0) is 12.1 Å². The number of hydrogen-bond acceptors (Lipinski definition) is 2. The Morgan fingerprint density at radius 3 is 2.06 bits per heavy atom. The summed E-state index contributed by atoms with van der Waals surface area (Å²) in [4.78, 5) is 10.4. The summed E-state index contributed by atoms with van der Waals surface area (Å²) in [5.41, 5.74) is -2.80. The van der Waals surface area contributed by atoms with Gasteiger partial charge in [0, 0.05) is 0 Å². The third-order valence-electron chi connectivity index (χ3n) is 2.13. The van der Waals surface area contributed by atoms with Crippen molar-refractivity contribution in [3.63, 3.8) is 0 Å². The first-order valence-corrected chi connectivity index (χ1v) is 4.48. The number of aliphatic carboxylic acids is 1. The average Bonchev–Trinajstić information content (AvgIpc) is 2.26. The first-order chi connectivity index (χ1) is 8.12. The lowest BCUT2D eigenvalue weighted by atomic mass is 10.0. The second kappa shape index (κ2) is 4.43. The molecule has 0 fully saturated rings. The highest BCUT2D eigenvalue weighted by atomic mass is 19.4. The highest BCUT2D eigenvalue weighted by molar-refractivity contribution is 5.78. The number of benzene rings is 1. The van der Waals surface area contributed by atoms with Gasteiger partial charge in [0.25, 0.3) is 0 Å². The Kier molecular flexibility index (Phi) is 3.50. The maximum Gasteiger partial charge on any atom is 0.419 e. The number of ether oxygens (including phenoxy) is 1. The summed E-state index contributed by atoms with van der Waals surface area (Å²) < 4.78 is 68.4. The second-order valence-corrected chi connectivity index (χ2v) is 3.26. The number of carboxylic acids is 1. The number of carboxylic acid groups (broad SMARTS) is 1. The fourth-order valence-electron chi connectivity index (χ4n) is 1.34. The van der Waals surface area contributed by atoms with Crippen molar-refractivity contribution in [2.75, 3.05) is 7.11 Å². The molecule has 1 aromatic rings. The van der Waals surface area contributed by atoms with E-state index in [2.05, 4.69) is 4.74 Å². The molecule has 1 rings (SSSR count). The topological polar surface area (TPSA) is 46.5 Å². The second-order valence-electron chi connectivity index (χ2n) is 3.26. The van der Waals surface area contributed by atoms with Gasteiger partial charge in [-0.25, -0.2) is 4.79 Å². The zero-order valence-electron chi connectivity index (χ0n) is 8.89. The van der Waals surface area contributed by atoms with E-state index in [0.717, 1.165) is 7.11 Å². The van der Waals surface area contributed by atoms with Gasteiger partial charge in [-0.1, -0.05) is 6.07 Å². The van der Waals surface area contributed by atoms with E-state index >= 15 is 0 Å². The maximum absolute atomic E-state index is 13.2. The van der Waals surface area contributed by atoms with Crippen molar-refractivity contribution in [3.8, 4) is 5.75 Å². The molecule has 0 aliphatic rings. The quantitative estimate of drug-likeness (QED) is 0.859. The monoisotopic (exact) mass is 270 g/mol. The first kappa shape index (κ1) is 14.2. The van der Waals surface area contributed by atoms with Gasteiger partial charge in [0.1, 0.15) is 5.75 Å². The molecule has 0 heterocycles. The van der Waals surface area contributed by atoms with Crippen molar-refractivity contribution < 1.29 is 36.6 Å². The average molecular weight is 270 g/mol. The van der Waals surface area contributed by atoms with E-state index in [4.69, 9.17) is 5.11 Å². The van der Waals surface area contributed by atoms with Gasteiger partial charge in [0.05, 0.1) is 18.2 Å². The number of halogens is 5. The molecule has 3 nitrogen and oxygen atoms in total. The summed E-state index contributed by atoms with van der Waals surface area (Å²) in [5.74, 6) is -8.22. The van der Waals surface area contributed by atoms with Crippen molar-refractivity contribution in [1.82, 2.24) is 0 Å². The summed E-state index contributed by atoms with van der Waals surface area (Å²) >= 11 is 0. The molecule has 8 heteroatoms. The van der Waals surface area contributed by atoms with Gasteiger partial charge in [0.2, 0.25) is 0 Å². The molecule has 0 aromatic heterocycles. The van der Waals surface area contributed by atoms with E-state index in [9.17, 15) is 26.7 Å². The lowest BCUT2D eigenvalue weighted by Gasteiger charge is -2.19. The van der Waals surface area contributed by atoms with Gasteiger partial charge in [-0.3, -0.25) is 0 Å². The summed E-state index contributed by atoms with van der Waals surface area (Å²) in [5, 5.41) is 8.32. The van der Waals surface area contributed by atoms with Crippen LogP contribution in [-0.4, -0.2) is 18.2 Å². The summed E-state index contributed by atoms with van der Waals surface area (Å²) in [6, 6.07) is 1.79. The van der Waals surface area contributed by atoms with Crippen LogP contribution in [0.5, 0.6) is 5.75 Å². The molecule has 0 aliphatic carbocycles. The van der Waals surface area contributed by atoms with E-state index < -0.39 is 34.9 Å². The number of alkyl halides is 5. The third-order valence-corrected chi connectivity index (χ3v) is 2.13. The summed E-state index contributed by atoms with van der Waals surface area (Å²) in [6.07, 6.45) is -4.92. The number of para-hydroxylation sites is 1. The Hall–Kier alpha value is -1.86. The maximum atomic E-state index is 13.2. The van der Waals surface area contributed by atoms with E-state index in [1.54, 1.807) is 0 Å². The Balaban J connectivity index is 3.53. The Bertz CT molecular complexity index is 467. The standard InChI is InChI=1S/C10H7F5O3/c1-18-7-5(9(11,12)8(16)17)3-2-4-6(7)10(13,14)15/h2-4H,1H3,(H,16,17). The van der Waals surface area contributed by atoms with E-state index in [1.165, 1.54) is 0 Å². The molecule has 1 N–H and O–H groups in total. The SMILES string of the molecule is COc1c(C(F)(F)F)cccc1C(F)(F)C(=O)O. The van der Waals surface area contributed by atoms with Crippen LogP contribution in [0.2, 0.25) is 0 Å². The summed E-state index contributed by atoms with van der Waals surface area (Å²) in [6.45, 7) is 0. The van der Waals surface area contributed by atoms with Crippen LogP contribution in [0, 0.1) is 0 Å². The van der Waals surface area contributed by atoms with E-state index in [1.807, 2.05) is 0 Å². The predicted octanol–water partition coefficient (Wildman–Crippen LogP) is 2.89. The van der Waals surface area contributed by atoms with Crippen LogP contribution < -0.4 is 4.74 Å². The Labute approximate surface area is 97.8 Å². The fourth-order valence-corrected chi connectivity index (χ4v) is 1.34. The van der Waals surface area contributed by atoms with Crippen LogP contribution >= 0.6 is 0 Å². The van der Waals surface area contributed by atoms with E-state index in [0.29, 0.717) is 18.2 Å². The Morgan fingerprint density at radius 2 is 1.67 bits per heavy atom. The van der Waals surface area contributed by atoms with Gasteiger partial charge >= 0.3 is 18.1 Å². The van der Waals surface area contributed by atoms with Crippen molar-refractivity contribution >= 4 is 5.97 Å². The molecule has 0 aliphatic heterocycles. The minimum absolute atomic E-state index is 0.528. The highest BCUT2D eigenvalue weighted by Crippen LogP contribution is 2.43. The molecule has 0 amide bonds. The minimum Gasteiger partial charge on any atom is -0.496 e. The molecular formula is C10H7F5O3. The molecule has 0 saturated heterocycles. The number of hydrogen-bond donors (Lipinski definition) is 1. The largest absolute Gasteiger partial charge is 0.496 e. The van der Waals surface area contributed by atoms with Crippen LogP contribution in [0.25, 0.3) is 0 Å². The van der Waals surface area contributed by atoms with Crippen LogP contribution in [0.15, 0.2) is 18.2 Å². The third kappa shape index (κ3) is 2.36. The highest BCUT2D eigenvalue weighted by Gasteiger charge is 2.46. The number of rotatable bonds is 3. The number of carbonyl (C=O) groups is 1. The first-order valence-electron chi connectivity index (χ1n) is 4.48. The van der Waals surface area contributed by atoms with Gasteiger partial charge < -0.3 is 9.84 Å². The zero-order valence-corrected chi connectivity index (χ0v) is 8.89. The van der Waals surface area contributed by atoms with E-state index in [-0.39, 0.29) is 0 Å². The Morgan fingerprint density at radius 1 is 1.17 bits per heavy atom. The molecule has 0 radical (unpaired) electrons. The molecule has 0 spiro atoms. The predicted molar refractivity (Wildman–Crippen MR) is 49.5 cm³/mol. The molecule has 0 saturated carbocycles. The smallest absolute Gasteiger partial charge is 0.419 e. The van der Waals surface area contributed by atoms with Crippen molar-refractivity contribution in [3.05, 3.63) is 29.3 Å². The molecule has 0 atom stereocenters. The van der Waals surface area contributed by atoms with Crippen LogP contribution in [0.1, 0.15) is 11.1 Å². The molecule has 18 heavy (non-hydrogen) atoms. The fraction of sp³-hybridized carbons (Fsp3) is 0.300. The van der Waals surface area contributed by atoms with Crippen LogP contribution in [0.3, 0.4) is 0 Å². The lowest BCUT2D eigenvalue weighted by molar-refractivity contribution is -0.167. The normalized spacial score (nSPS) is 12.3. The minimum atomic E-state index is -4.92. The molecular weight excluding hydrogens is 263 g/mol. The van der Waals surface area contributed by atoms with Crippen molar-refractivity contribution in [1.29, 1.82) is 0 Å². The van der Waals surface area contributed by atoms with Crippen LogP contribution in [0.4, 0.5) is 22.0 Å². The van der Waals surface area contributed by atoms with Gasteiger partial charge in [0.15, 0.2) is 0 Å². The molecule has 0 bridgehead atoms. The van der Waals surface area contributed by atoms with Crippen molar-refractivity contribution in [2.24, 2.45) is 0 Å². The van der Waals surface area contributed by atoms with Gasteiger partial charge in [-0.15, -0.1) is 0 Å². The number of methoxy groups -OCH3 is 1. The molecule has 100 valence electrons. The van der Waals surface area contributed by atoms with Gasteiger partial charge in [-0.2, -0.15) is 22.0 Å².